The molecule has 12 heteroatoms. The summed E-state index contributed by atoms with van der Waals surface area (Å²) >= 11 is 6.06. The molecule has 2 aromatic carbocycles. The van der Waals surface area contributed by atoms with Crippen molar-refractivity contribution in [2.75, 3.05) is 18.5 Å². The Morgan fingerprint density at radius 3 is 2.49 bits per heavy atom. The molecule has 0 N–H and O–H groups in total. The van der Waals surface area contributed by atoms with Gasteiger partial charge in [-0.2, -0.15) is 18.3 Å². The summed E-state index contributed by atoms with van der Waals surface area (Å²) in [5.74, 6) is -1.72. The van der Waals surface area contributed by atoms with E-state index < -0.39 is 30.2 Å². The molecule has 214 valence electrons. The molecule has 41 heavy (non-hydrogen) atoms. The fourth-order valence-corrected chi connectivity index (χ4v) is 5.27. The minimum Gasteiger partial charge on any atom is -0.449 e. The topological polar surface area (TPSA) is 80.0 Å². The molecule has 4 aromatic rings. The van der Waals surface area contributed by atoms with Gasteiger partial charge in [0.15, 0.2) is 22.9 Å². The zero-order valence-corrected chi connectivity index (χ0v) is 23.1. The van der Waals surface area contributed by atoms with Crippen LogP contribution in [-0.2, 0) is 16.0 Å². The molecule has 2 aromatic heterocycles. The van der Waals surface area contributed by atoms with Crippen molar-refractivity contribution in [3.63, 3.8) is 0 Å². The maximum Gasteiger partial charge on any atom is 0.413 e. The molecular formula is C29H27ClF3N5O3. The normalized spacial score (nSPS) is 14.8. The number of halogens is 4. The fraction of sp³-hybridized carbons (Fsp3) is 0.310. The van der Waals surface area contributed by atoms with Crippen molar-refractivity contribution in [2.45, 2.75) is 44.5 Å². The van der Waals surface area contributed by atoms with Crippen LogP contribution in [0, 0.1) is 0 Å². The summed E-state index contributed by atoms with van der Waals surface area (Å²) in [6.07, 6.45) is -2.88. The van der Waals surface area contributed by atoms with Crippen molar-refractivity contribution in [3.8, 4) is 0 Å². The van der Waals surface area contributed by atoms with E-state index in [1.54, 1.807) is 54.0 Å². The number of likely N-dealkylation sites (N-methyl/N-ethyl adjacent to an activating group) is 1. The van der Waals surface area contributed by atoms with Gasteiger partial charge in [0.05, 0.1) is 23.1 Å². The van der Waals surface area contributed by atoms with E-state index in [0.717, 1.165) is 31.3 Å². The van der Waals surface area contributed by atoms with Crippen molar-refractivity contribution in [1.82, 2.24) is 19.5 Å². The van der Waals surface area contributed by atoms with Gasteiger partial charge in [-0.05, 0) is 49.1 Å². The number of aryl methyl sites for hydroxylation is 1. The Kier molecular flexibility index (Phi) is 7.90. The summed E-state index contributed by atoms with van der Waals surface area (Å²) in [7, 11) is 1.07. The van der Waals surface area contributed by atoms with E-state index in [4.69, 9.17) is 16.3 Å². The Morgan fingerprint density at radius 2 is 1.83 bits per heavy atom. The van der Waals surface area contributed by atoms with Crippen molar-refractivity contribution < 1.29 is 27.5 Å². The van der Waals surface area contributed by atoms with Gasteiger partial charge in [-0.1, -0.05) is 48.9 Å². The first kappa shape index (κ1) is 28.4. The molecule has 1 aliphatic heterocycles. The number of rotatable bonds is 7. The summed E-state index contributed by atoms with van der Waals surface area (Å²) in [5.41, 5.74) is 3.08. The highest BCUT2D eigenvalue weighted by Crippen LogP contribution is 2.39. The van der Waals surface area contributed by atoms with Gasteiger partial charge in [0, 0.05) is 25.3 Å². The van der Waals surface area contributed by atoms with Gasteiger partial charge >= 0.3 is 12.1 Å². The smallest absolute Gasteiger partial charge is 0.413 e. The highest BCUT2D eigenvalue weighted by molar-refractivity contribution is 6.29. The Hall–Kier alpha value is -4.12. The number of hydrogen-bond donors (Lipinski definition) is 0. The van der Waals surface area contributed by atoms with Crippen LogP contribution in [0.3, 0.4) is 0 Å². The number of esters is 1. The van der Waals surface area contributed by atoms with Gasteiger partial charge in [0.1, 0.15) is 0 Å². The van der Waals surface area contributed by atoms with Crippen LogP contribution >= 0.6 is 11.6 Å². The van der Waals surface area contributed by atoms with Crippen LogP contribution in [0.25, 0.3) is 5.65 Å². The number of hydrogen-bond acceptors (Lipinski definition) is 6. The van der Waals surface area contributed by atoms with Crippen LogP contribution in [0.5, 0.6) is 0 Å². The standard InChI is InChI=1S/C29H27ClF3N5O3/c1-3-23(41-28(40)19-8-5-4-6-9-19)27(39)36(2)26(29(31,32)33)18-11-13-20(14-12-18)37-15-7-10-21-22(37)17-34-25-16-24(30)35-38(21)25/h4-6,8-9,11-14,16-17,23,26H,3,7,10,15H2,1-2H3/t23?,26-/m0/s1. The Balaban J connectivity index is 1.39. The average molecular weight is 586 g/mol. The van der Waals surface area contributed by atoms with Gasteiger partial charge < -0.3 is 14.5 Å². The maximum atomic E-state index is 14.4. The summed E-state index contributed by atoms with van der Waals surface area (Å²) in [6.45, 7) is 2.21. The third-order valence-corrected chi connectivity index (χ3v) is 7.27. The van der Waals surface area contributed by atoms with E-state index in [1.165, 1.54) is 24.3 Å². The number of ether oxygens (including phenoxy) is 1. The monoisotopic (exact) mass is 585 g/mol. The van der Waals surface area contributed by atoms with Gasteiger partial charge in [0.2, 0.25) is 0 Å². The first-order chi connectivity index (χ1) is 19.6. The van der Waals surface area contributed by atoms with E-state index in [9.17, 15) is 22.8 Å². The molecule has 5 rings (SSSR count). The molecule has 1 aliphatic rings. The van der Waals surface area contributed by atoms with Crippen molar-refractivity contribution in [1.29, 1.82) is 0 Å². The highest BCUT2D eigenvalue weighted by Gasteiger charge is 2.46. The third kappa shape index (κ3) is 5.72. The SMILES string of the molecule is CCC(OC(=O)c1ccccc1)C(=O)N(C)[C@@H](c1ccc(N2CCCc3c2cnc2cc(Cl)nn32)cc1)C(F)(F)F. The van der Waals surface area contributed by atoms with Crippen LogP contribution in [0.4, 0.5) is 24.5 Å². The summed E-state index contributed by atoms with van der Waals surface area (Å²) < 4.78 is 50.1. The fourth-order valence-electron chi connectivity index (χ4n) is 5.10. The molecule has 0 saturated carbocycles. The summed E-state index contributed by atoms with van der Waals surface area (Å²) in [5, 5.41) is 4.63. The molecule has 1 amide bonds. The third-order valence-electron chi connectivity index (χ3n) is 7.09. The van der Waals surface area contributed by atoms with Gasteiger partial charge in [-0.3, -0.25) is 4.79 Å². The number of alkyl halides is 3. The van der Waals surface area contributed by atoms with Crippen LogP contribution in [0.1, 0.15) is 47.4 Å². The van der Waals surface area contributed by atoms with Crippen LogP contribution in [0.2, 0.25) is 5.15 Å². The second-order valence-corrected chi connectivity index (χ2v) is 10.1. The average Bonchev–Trinajstić information content (AvgIpc) is 3.36. The number of carbonyl (C=O) groups is 2. The number of benzene rings is 2. The Morgan fingerprint density at radius 1 is 1.12 bits per heavy atom. The van der Waals surface area contributed by atoms with E-state index in [-0.39, 0.29) is 17.5 Å². The lowest BCUT2D eigenvalue weighted by molar-refractivity contribution is -0.192. The quantitative estimate of drug-likeness (QED) is 0.242. The molecular weight excluding hydrogens is 559 g/mol. The number of carbonyl (C=O) groups excluding carboxylic acids is 2. The molecule has 3 heterocycles. The van der Waals surface area contributed by atoms with Crippen molar-refractivity contribution in [3.05, 3.63) is 88.8 Å². The zero-order chi connectivity index (χ0) is 29.3. The molecule has 0 radical (unpaired) electrons. The molecule has 0 spiro atoms. The molecule has 0 fully saturated rings. The van der Waals surface area contributed by atoms with Crippen molar-refractivity contribution >= 4 is 40.5 Å². The van der Waals surface area contributed by atoms with E-state index in [1.807, 2.05) is 4.90 Å². The first-order valence-electron chi connectivity index (χ1n) is 13.1. The largest absolute Gasteiger partial charge is 0.449 e. The van der Waals surface area contributed by atoms with Crippen LogP contribution in [0.15, 0.2) is 66.9 Å². The number of anilines is 2. The van der Waals surface area contributed by atoms with Crippen molar-refractivity contribution in [2.24, 2.45) is 0 Å². The second kappa shape index (κ2) is 11.4. The minimum absolute atomic E-state index is 0.0163. The van der Waals surface area contributed by atoms with Gasteiger partial charge in [-0.15, -0.1) is 0 Å². The zero-order valence-electron chi connectivity index (χ0n) is 22.3. The molecule has 2 atom stereocenters. The Labute approximate surface area is 239 Å². The van der Waals surface area contributed by atoms with Crippen LogP contribution in [-0.4, -0.2) is 57.2 Å². The lowest BCUT2D eigenvalue weighted by atomic mass is 10.0. The molecule has 8 nitrogen and oxygen atoms in total. The van der Waals surface area contributed by atoms with E-state index >= 15 is 0 Å². The highest BCUT2D eigenvalue weighted by atomic mass is 35.5. The molecule has 0 bridgehead atoms. The first-order valence-corrected chi connectivity index (χ1v) is 13.5. The molecule has 0 aliphatic carbocycles. The molecule has 0 saturated heterocycles. The number of aromatic nitrogens is 3. The predicted octanol–water partition coefficient (Wildman–Crippen LogP) is 6.16. The predicted molar refractivity (Wildman–Crippen MR) is 147 cm³/mol. The number of fused-ring (bicyclic) bond motifs is 3. The lowest BCUT2D eigenvalue weighted by Crippen LogP contribution is -2.45. The maximum absolute atomic E-state index is 14.4. The van der Waals surface area contributed by atoms with Gasteiger partial charge in [-0.25, -0.2) is 14.3 Å². The van der Waals surface area contributed by atoms with E-state index in [0.29, 0.717) is 27.9 Å². The summed E-state index contributed by atoms with van der Waals surface area (Å²) in [4.78, 5) is 32.7. The second-order valence-electron chi connectivity index (χ2n) is 9.74. The van der Waals surface area contributed by atoms with E-state index in [2.05, 4.69) is 10.1 Å². The number of nitrogens with zero attached hydrogens (tertiary/aromatic N) is 5. The lowest BCUT2D eigenvalue weighted by Gasteiger charge is -2.33. The Bertz CT molecular complexity index is 1560. The van der Waals surface area contributed by atoms with Crippen LogP contribution < -0.4 is 4.90 Å². The number of amides is 1. The molecule has 1 unspecified atom stereocenters. The minimum atomic E-state index is -4.78. The summed E-state index contributed by atoms with van der Waals surface area (Å²) in [6, 6.07) is 13.3. The van der Waals surface area contributed by atoms with Gasteiger partial charge in [0.25, 0.3) is 5.91 Å².